The number of rotatable bonds is 3. The lowest BCUT2D eigenvalue weighted by Gasteiger charge is -2.35. The van der Waals surface area contributed by atoms with E-state index in [0.29, 0.717) is 18.7 Å². The highest BCUT2D eigenvalue weighted by atomic mass is 35.5. The van der Waals surface area contributed by atoms with Crippen LogP contribution in [0.1, 0.15) is 11.6 Å². The van der Waals surface area contributed by atoms with Crippen molar-refractivity contribution in [3.05, 3.63) is 64.7 Å². The van der Waals surface area contributed by atoms with E-state index in [9.17, 15) is 17.2 Å². The van der Waals surface area contributed by atoms with Crippen LogP contribution >= 0.6 is 11.6 Å². The lowest BCUT2D eigenvalue weighted by Crippen LogP contribution is -2.48. The van der Waals surface area contributed by atoms with Gasteiger partial charge >= 0.3 is 0 Å². The number of benzene rings is 2. The van der Waals surface area contributed by atoms with Crippen molar-refractivity contribution in [1.29, 1.82) is 0 Å². The van der Waals surface area contributed by atoms with Gasteiger partial charge in [-0.2, -0.15) is 4.31 Å². The highest BCUT2D eigenvalue weighted by Crippen LogP contribution is 2.31. The fourth-order valence-electron chi connectivity index (χ4n) is 2.78. The van der Waals surface area contributed by atoms with Crippen LogP contribution in [0.5, 0.6) is 0 Å². The molecule has 1 saturated heterocycles. The Kier molecular flexibility index (Phi) is 4.87. The van der Waals surface area contributed by atoms with Crippen LogP contribution in [0.25, 0.3) is 0 Å². The Morgan fingerprint density at radius 1 is 1.17 bits per heavy atom. The van der Waals surface area contributed by atoms with Gasteiger partial charge in [0.25, 0.3) is 0 Å². The van der Waals surface area contributed by atoms with Crippen molar-refractivity contribution >= 4 is 21.6 Å². The van der Waals surface area contributed by atoms with Crippen molar-refractivity contribution in [2.75, 3.05) is 19.6 Å². The van der Waals surface area contributed by atoms with Crippen LogP contribution in [0.2, 0.25) is 5.02 Å². The zero-order valence-corrected chi connectivity index (χ0v) is 14.1. The quantitative estimate of drug-likeness (QED) is 0.901. The molecule has 2 aromatic rings. The van der Waals surface area contributed by atoms with E-state index in [-0.39, 0.29) is 11.6 Å². The molecule has 4 nitrogen and oxygen atoms in total. The van der Waals surface area contributed by atoms with Gasteiger partial charge in [0.15, 0.2) is 5.82 Å². The Labute approximate surface area is 144 Å². The highest BCUT2D eigenvalue weighted by molar-refractivity contribution is 7.89. The Morgan fingerprint density at radius 2 is 1.92 bits per heavy atom. The Bertz CT molecular complexity index is 861. The van der Waals surface area contributed by atoms with Gasteiger partial charge in [-0.3, -0.25) is 0 Å². The van der Waals surface area contributed by atoms with Crippen molar-refractivity contribution in [2.45, 2.75) is 10.9 Å². The van der Waals surface area contributed by atoms with E-state index in [1.807, 2.05) is 0 Å². The zero-order valence-electron chi connectivity index (χ0n) is 12.5. The molecular weight excluding hydrogens is 358 g/mol. The summed E-state index contributed by atoms with van der Waals surface area (Å²) in [5.74, 6) is -1.43. The maximum Gasteiger partial charge on any atom is 0.246 e. The molecule has 0 aliphatic carbocycles. The molecule has 8 heteroatoms. The predicted octanol–water partition coefficient (Wildman–Crippen LogP) is 2.95. The Morgan fingerprint density at radius 3 is 2.67 bits per heavy atom. The Balaban J connectivity index is 2.05. The monoisotopic (exact) mass is 372 g/mol. The van der Waals surface area contributed by atoms with Crippen molar-refractivity contribution in [1.82, 2.24) is 9.62 Å². The summed E-state index contributed by atoms with van der Waals surface area (Å²) in [5, 5.41) is 2.83. The third-order valence-electron chi connectivity index (χ3n) is 3.93. The van der Waals surface area contributed by atoms with E-state index in [4.69, 9.17) is 11.6 Å². The maximum atomic E-state index is 14.2. The molecule has 3 rings (SSSR count). The molecule has 2 aromatic carbocycles. The van der Waals surface area contributed by atoms with Gasteiger partial charge in [0, 0.05) is 19.6 Å². The topological polar surface area (TPSA) is 49.4 Å². The average Bonchev–Trinajstić information content (AvgIpc) is 2.57. The maximum absolute atomic E-state index is 14.2. The van der Waals surface area contributed by atoms with Crippen LogP contribution in [-0.2, 0) is 10.0 Å². The molecule has 1 fully saturated rings. The molecule has 0 amide bonds. The number of piperazine rings is 1. The lowest BCUT2D eigenvalue weighted by molar-refractivity contribution is 0.270. The van der Waals surface area contributed by atoms with Crippen LogP contribution in [0.4, 0.5) is 8.78 Å². The van der Waals surface area contributed by atoms with Gasteiger partial charge in [0.05, 0.1) is 11.1 Å². The number of nitrogens with one attached hydrogen (secondary N) is 1. The van der Waals surface area contributed by atoms with Crippen molar-refractivity contribution in [2.24, 2.45) is 0 Å². The molecule has 0 saturated carbocycles. The van der Waals surface area contributed by atoms with Crippen molar-refractivity contribution in [3.63, 3.8) is 0 Å². The smallest absolute Gasteiger partial charge is 0.246 e. The molecule has 24 heavy (non-hydrogen) atoms. The van der Waals surface area contributed by atoms with E-state index in [0.717, 1.165) is 0 Å². The molecule has 1 aliphatic rings. The van der Waals surface area contributed by atoms with Crippen LogP contribution in [0.3, 0.4) is 0 Å². The molecule has 128 valence electrons. The van der Waals surface area contributed by atoms with Gasteiger partial charge in [-0.15, -0.1) is 0 Å². The number of hydrogen-bond acceptors (Lipinski definition) is 3. The minimum atomic E-state index is -4.11. The first-order valence-corrected chi connectivity index (χ1v) is 9.15. The Hall–Kier alpha value is -1.54. The van der Waals surface area contributed by atoms with Crippen LogP contribution in [-0.4, -0.2) is 32.4 Å². The van der Waals surface area contributed by atoms with Crippen LogP contribution < -0.4 is 5.32 Å². The molecule has 1 atom stereocenters. The molecule has 1 N–H and O–H groups in total. The minimum absolute atomic E-state index is 0.148. The number of halogens is 3. The largest absolute Gasteiger partial charge is 0.313 e. The summed E-state index contributed by atoms with van der Waals surface area (Å²) >= 11 is 5.71. The zero-order chi connectivity index (χ0) is 17.3. The summed E-state index contributed by atoms with van der Waals surface area (Å²) in [6.45, 7) is 0.883. The van der Waals surface area contributed by atoms with Crippen molar-refractivity contribution in [3.8, 4) is 0 Å². The second kappa shape index (κ2) is 6.76. The summed E-state index contributed by atoms with van der Waals surface area (Å²) in [4.78, 5) is -0.474. The molecule has 1 aliphatic heterocycles. The second-order valence-corrected chi connectivity index (χ2v) is 7.71. The minimum Gasteiger partial charge on any atom is -0.313 e. The standard InChI is InChI=1S/C16H15ClF2N2O2S/c17-13-5-2-6-15(16(13)19)24(22,23)21-8-7-20-10-14(21)11-3-1-4-12(18)9-11/h1-6,9,14,20H,7-8,10H2. The van der Waals surface area contributed by atoms with E-state index in [2.05, 4.69) is 5.32 Å². The van der Waals surface area contributed by atoms with E-state index in [1.165, 1.54) is 40.7 Å². The fourth-order valence-corrected chi connectivity index (χ4v) is 4.71. The molecule has 1 unspecified atom stereocenters. The van der Waals surface area contributed by atoms with E-state index < -0.39 is 32.6 Å². The molecular formula is C16H15ClF2N2O2S. The lowest BCUT2D eigenvalue weighted by atomic mass is 10.1. The second-order valence-electron chi connectivity index (χ2n) is 5.44. The highest BCUT2D eigenvalue weighted by Gasteiger charge is 2.36. The van der Waals surface area contributed by atoms with E-state index in [1.54, 1.807) is 6.07 Å². The number of hydrogen-bond donors (Lipinski definition) is 1. The molecule has 0 radical (unpaired) electrons. The normalized spacial score (nSPS) is 19.4. The summed E-state index contributed by atoms with van der Waals surface area (Å²) in [6, 6.07) is 8.97. The van der Waals surface area contributed by atoms with E-state index >= 15 is 0 Å². The number of nitrogens with zero attached hydrogens (tertiary/aromatic N) is 1. The third kappa shape index (κ3) is 3.17. The molecule has 0 aromatic heterocycles. The van der Waals surface area contributed by atoms with Gasteiger partial charge in [-0.25, -0.2) is 17.2 Å². The summed E-state index contributed by atoms with van der Waals surface area (Å²) in [6.07, 6.45) is 0. The molecule has 0 spiro atoms. The van der Waals surface area contributed by atoms with Gasteiger partial charge < -0.3 is 5.32 Å². The first kappa shape index (κ1) is 17.3. The van der Waals surface area contributed by atoms with Gasteiger partial charge in [-0.1, -0.05) is 29.8 Å². The van der Waals surface area contributed by atoms with Gasteiger partial charge in [0.2, 0.25) is 10.0 Å². The first-order chi connectivity index (χ1) is 11.4. The molecule has 1 heterocycles. The summed E-state index contributed by atoms with van der Waals surface area (Å²) < 4.78 is 54.8. The third-order valence-corrected chi connectivity index (χ3v) is 6.15. The molecule has 0 bridgehead atoms. The predicted molar refractivity (Wildman–Crippen MR) is 87.3 cm³/mol. The summed E-state index contributed by atoms with van der Waals surface area (Å²) in [7, 11) is -4.11. The van der Waals surface area contributed by atoms with Crippen molar-refractivity contribution < 1.29 is 17.2 Å². The average molecular weight is 373 g/mol. The SMILES string of the molecule is O=S(=O)(c1cccc(Cl)c1F)N1CCNCC1c1cccc(F)c1. The summed E-state index contributed by atoms with van der Waals surface area (Å²) in [5.41, 5.74) is 0.508. The van der Waals surface area contributed by atoms with Gasteiger partial charge in [-0.05, 0) is 29.8 Å². The van der Waals surface area contributed by atoms with Crippen LogP contribution in [0, 0.1) is 11.6 Å². The fraction of sp³-hybridized carbons (Fsp3) is 0.250. The first-order valence-electron chi connectivity index (χ1n) is 7.33. The number of sulfonamides is 1. The van der Waals surface area contributed by atoms with Gasteiger partial charge in [0.1, 0.15) is 10.7 Å². The van der Waals surface area contributed by atoms with Crippen LogP contribution in [0.15, 0.2) is 47.4 Å².